The minimum atomic E-state index is -0.231. The summed E-state index contributed by atoms with van der Waals surface area (Å²) in [7, 11) is 0. The predicted octanol–water partition coefficient (Wildman–Crippen LogP) is 3.91. The molecule has 0 N–H and O–H groups in total. The van der Waals surface area contributed by atoms with Gasteiger partial charge in [-0.2, -0.15) is 11.8 Å². The second-order valence-corrected chi connectivity index (χ2v) is 7.82. The molecule has 0 radical (unpaired) electrons. The van der Waals surface area contributed by atoms with Crippen LogP contribution in [0.15, 0.2) is 24.5 Å². The number of ether oxygens (including phenoxy) is 2. The number of carbonyl (C=O) groups is 1. The van der Waals surface area contributed by atoms with Crippen LogP contribution < -0.4 is 0 Å². The smallest absolute Gasteiger partial charge is 0.341 e. The van der Waals surface area contributed by atoms with Crippen LogP contribution in [0.5, 0.6) is 0 Å². The lowest BCUT2D eigenvalue weighted by Crippen LogP contribution is -2.16. The van der Waals surface area contributed by atoms with Gasteiger partial charge in [0, 0.05) is 23.0 Å². The van der Waals surface area contributed by atoms with Crippen LogP contribution in [-0.4, -0.2) is 35.6 Å². The molecule has 3 rings (SSSR count). The first-order chi connectivity index (χ1) is 11.2. The van der Waals surface area contributed by atoms with Crippen molar-refractivity contribution in [2.75, 3.05) is 19.0 Å². The van der Waals surface area contributed by atoms with Crippen LogP contribution in [0.3, 0.4) is 0 Å². The summed E-state index contributed by atoms with van der Waals surface area (Å²) in [6, 6.07) is 3.94. The number of hydrogen-bond acceptors (Lipinski definition) is 5. The summed E-state index contributed by atoms with van der Waals surface area (Å²) >= 11 is 3.62. The van der Waals surface area contributed by atoms with Gasteiger partial charge in [-0.25, -0.2) is 4.79 Å². The molecule has 0 aliphatic carbocycles. The zero-order chi connectivity index (χ0) is 16.2. The van der Waals surface area contributed by atoms with E-state index in [4.69, 9.17) is 9.47 Å². The first kappa shape index (κ1) is 16.6. The van der Waals surface area contributed by atoms with Gasteiger partial charge in [-0.3, -0.25) is 0 Å². The van der Waals surface area contributed by atoms with E-state index < -0.39 is 0 Å². The lowest BCUT2D eigenvalue weighted by atomic mass is 10.1. The quantitative estimate of drug-likeness (QED) is 0.584. The summed E-state index contributed by atoms with van der Waals surface area (Å²) in [5.41, 5.74) is 1.92. The van der Waals surface area contributed by atoms with Crippen molar-refractivity contribution in [1.82, 2.24) is 4.57 Å². The fraction of sp³-hybridized carbons (Fsp3) is 0.471. The maximum atomic E-state index is 12.6. The van der Waals surface area contributed by atoms with E-state index in [1.807, 2.05) is 54.7 Å². The first-order valence-electron chi connectivity index (χ1n) is 7.81. The molecule has 0 aromatic carbocycles. The summed E-state index contributed by atoms with van der Waals surface area (Å²) in [5, 5.41) is 0.970. The number of carbonyl (C=O) groups excluding carboxylic acids is 1. The number of thioether (sulfide) groups is 1. The minimum absolute atomic E-state index is 0.148. The second-order valence-electron chi connectivity index (χ2n) is 5.63. The van der Waals surface area contributed by atoms with Gasteiger partial charge in [0.1, 0.15) is 11.6 Å². The molecule has 3 heterocycles. The van der Waals surface area contributed by atoms with E-state index in [1.54, 1.807) is 11.3 Å². The van der Waals surface area contributed by atoms with Gasteiger partial charge in [-0.15, -0.1) is 11.3 Å². The highest BCUT2D eigenvalue weighted by Gasteiger charge is 2.27. The van der Waals surface area contributed by atoms with Crippen molar-refractivity contribution in [2.45, 2.75) is 32.1 Å². The Kier molecular flexibility index (Phi) is 5.46. The molecule has 2 aromatic rings. The molecule has 1 aliphatic rings. The molecule has 124 valence electrons. The summed E-state index contributed by atoms with van der Waals surface area (Å²) in [5.74, 6) is 1.81. The average Bonchev–Trinajstić information content (AvgIpc) is 3.17. The van der Waals surface area contributed by atoms with Gasteiger partial charge in [0.15, 0.2) is 0 Å². The standard InChI is InChI=1S/C17H21NO3S2/c1-12(2)20-8-9-21-17(19)15-13-5-10-22-11-14(13)23-16(15)18-6-3-4-7-18/h3-4,6-7,12H,5,8-11H2,1-2H3. The summed E-state index contributed by atoms with van der Waals surface area (Å²) in [4.78, 5) is 13.9. The van der Waals surface area contributed by atoms with E-state index in [0.29, 0.717) is 13.2 Å². The summed E-state index contributed by atoms with van der Waals surface area (Å²) in [6.45, 7) is 4.67. The van der Waals surface area contributed by atoms with E-state index >= 15 is 0 Å². The normalized spacial score (nSPS) is 14.0. The molecular formula is C17H21NO3S2. The molecule has 0 spiro atoms. The van der Waals surface area contributed by atoms with Crippen LogP contribution in [0.2, 0.25) is 0 Å². The molecule has 0 fully saturated rings. The Hall–Kier alpha value is -1.24. The third kappa shape index (κ3) is 3.82. The van der Waals surface area contributed by atoms with Crippen molar-refractivity contribution < 1.29 is 14.3 Å². The molecule has 0 saturated heterocycles. The molecule has 0 amide bonds. The molecule has 6 heteroatoms. The van der Waals surface area contributed by atoms with E-state index in [0.717, 1.165) is 28.5 Å². The topological polar surface area (TPSA) is 40.5 Å². The Labute approximate surface area is 144 Å². The van der Waals surface area contributed by atoms with Crippen LogP contribution in [0.25, 0.3) is 5.00 Å². The Balaban J connectivity index is 1.82. The number of rotatable bonds is 6. The van der Waals surface area contributed by atoms with Crippen molar-refractivity contribution in [3.63, 3.8) is 0 Å². The number of nitrogens with zero attached hydrogens (tertiary/aromatic N) is 1. The zero-order valence-corrected chi connectivity index (χ0v) is 15.0. The summed E-state index contributed by atoms with van der Waals surface area (Å²) in [6.07, 6.45) is 5.03. The lowest BCUT2D eigenvalue weighted by molar-refractivity contribution is 0.0176. The molecule has 2 aromatic heterocycles. The monoisotopic (exact) mass is 351 g/mol. The number of thiophene rings is 1. The van der Waals surface area contributed by atoms with Crippen molar-refractivity contribution in [2.24, 2.45) is 0 Å². The van der Waals surface area contributed by atoms with Crippen molar-refractivity contribution in [3.05, 3.63) is 40.5 Å². The van der Waals surface area contributed by atoms with Crippen LogP contribution in [0.4, 0.5) is 0 Å². The third-order valence-electron chi connectivity index (χ3n) is 3.61. The Morgan fingerprint density at radius 3 is 2.83 bits per heavy atom. The number of hydrogen-bond donors (Lipinski definition) is 0. The SMILES string of the molecule is CC(C)OCCOC(=O)c1c(-n2cccc2)sc2c1CCSC2. The highest BCUT2D eigenvalue weighted by atomic mass is 32.2. The molecule has 1 aliphatic heterocycles. The van der Waals surface area contributed by atoms with Gasteiger partial charge in [0.2, 0.25) is 0 Å². The molecule has 23 heavy (non-hydrogen) atoms. The number of aromatic nitrogens is 1. The maximum Gasteiger partial charge on any atom is 0.341 e. The summed E-state index contributed by atoms with van der Waals surface area (Å²) < 4.78 is 12.9. The average molecular weight is 351 g/mol. The van der Waals surface area contributed by atoms with Crippen LogP contribution in [-0.2, 0) is 21.6 Å². The van der Waals surface area contributed by atoms with Crippen LogP contribution >= 0.6 is 23.1 Å². The predicted molar refractivity (Wildman–Crippen MR) is 94.9 cm³/mol. The van der Waals surface area contributed by atoms with Gasteiger partial charge in [-0.1, -0.05) is 0 Å². The van der Waals surface area contributed by atoms with Crippen LogP contribution in [0, 0.1) is 0 Å². The van der Waals surface area contributed by atoms with Gasteiger partial charge >= 0.3 is 5.97 Å². The Morgan fingerprint density at radius 1 is 1.30 bits per heavy atom. The molecule has 4 nitrogen and oxygen atoms in total. The zero-order valence-electron chi connectivity index (χ0n) is 13.4. The molecule has 0 bridgehead atoms. The second kappa shape index (κ2) is 7.55. The maximum absolute atomic E-state index is 12.6. The van der Waals surface area contributed by atoms with Crippen molar-refractivity contribution >= 4 is 29.1 Å². The minimum Gasteiger partial charge on any atom is -0.460 e. The van der Waals surface area contributed by atoms with Gasteiger partial charge < -0.3 is 14.0 Å². The largest absolute Gasteiger partial charge is 0.460 e. The van der Waals surface area contributed by atoms with Crippen LogP contribution in [0.1, 0.15) is 34.6 Å². The number of esters is 1. The van der Waals surface area contributed by atoms with E-state index in [-0.39, 0.29) is 12.1 Å². The Morgan fingerprint density at radius 2 is 2.09 bits per heavy atom. The highest BCUT2D eigenvalue weighted by Crippen LogP contribution is 2.38. The number of fused-ring (bicyclic) bond motifs is 1. The Bertz CT molecular complexity index is 662. The molecule has 0 saturated carbocycles. The van der Waals surface area contributed by atoms with E-state index in [2.05, 4.69) is 0 Å². The van der Waals surface area contributed by atoms with Gasteiger partial charge in [0.25, 0.3) is 0 Å². The fourth-order valence-corrected chi connectivity index (χ4v) is 5.01. The van der Waals surface area contributed by atoms with E-state index in [1.165, 1.54) is 10.4 Å². The van der Waals surface area contributed by atoms with Gasteiger partial charge in [-0.05, 0) is 43.7 Å². The molecular weight excluding hydrogens is 330 g/mol. The lowest BCUT2D eigenvalue weighted by Gasteiger charge is -2.13. The first-order valence-corrected chi connectivity index (χ1v) is 9.78. The molecule has 0 atom stereocenters. The fourth-order valence-electron chi connectivity index (χ4n) is 2.57. The van der Waals surface area contributed by atoms with Crippen molar-refractivity contribution in [1.29, 1.82) is 0 Å². The highest BCUT2D eigenvalue weighted by molar-refractivity contribution is 7.98. The third-order valence-corrected chi connectivity index (χ3v) is 6.03. The molecule has 0 unspecified atom stereocenters. The van der Waals surface area contributed by atoms with Crippen molar-refractivity contribution in [3.8, 4) is 5.00 Å². The van der Waals surface area contributed by atoms with E-state index in [9.17, 15) is 4.79 Å². The van der Waals surface area contributed by atoms with Gasteiger partial charge in [0.05, 0.1) is 18.3 Å².